The normalized spacial score (nSPS) is 17.7. The molecular weight excluding hydrogens is 350 g/mol. The molecule has 2 heterocycles. The van der Waals surface area contributed by atoms with E-state index in [1.54, 1.807) is 30.3 Å². The maximum atomic E-state index is 11.7. The number of amides is 2. The number of primary amides is 1. The predicted octanol–water partition coefficient (Wildman–Crippen LogP) is 1.16. The monoisotopic (exact) mass is 371 g/mol. The molecule has 1 saturated heterocycles. The zero-order valence-corrected chi connectivity index (χ0v) is 14.9. The van der Waals surface area contributed by atoms with E-state index in [2.05, 4.69) is 0 Å². The van der Waals surface area contributed by atoms with Crippen LogP contribution in [0, 0.1) is 0 Å². The first-order valence-electron chi connectivity index (χ1n) is 8.57. The van der Waals surface area contributed by atoms with Crippen molar-refractivity contribution in [1.29, 1.82) is 0 Å². The number of nitrogens with zero attached hydrogens (tertiary/aromatic N) is 2. The minimum Gasteiger partial charge on any atom is -0.478 e. The molecule has 8 heteroatoms. The number of piperazine rings is 1. The van der Waals surface area contributed by atoms with Crippen LogP contribution in [-0.4, -0.2) is 58.4 Å². The van der Waals surface area contributed by atoms with Gasteiger partial charge in [-0.05, 0) is 18.2 Å². The Labute approximate surface area is 156 Å². The van der Waals surface area contributed by atoms with Crippen molar-refractivity contribution in [1.82, 2.24) is 9.80 Å². The number of rotatable bonds is 5. The molecular formula is C19H21N3O5. The van der Waals surface area contributed by atoms with Crippen LogP contribution in [0.5, 0.6) is 0 Å². The van der Waals surface area contributed by atoms with Crippen LogP contribution in [0.1, 0.15) is 23.0 Å². The summed E-state index contributed by atoms with van der Waals surface area (Å²) in [6.45, 7) is 3.19. The van der Waals surface area contributed by atoms with Crippen molar-refractivity contribution in [2.45, 2.75) is 19.5 Å². The number of carboxylic acids is 1. The van der Waals surface area contributed by atoms with E-state index in [0.717, 1.165) is 0 Å². The third-order valence-electron chi connectivity index (χ3n) is 4.66. The smallest absolute Gasteiger partial charge is 0.336 e. The molecule has 2 aromatic rings. The lowest BCUT2D eigenvalue weighted by molar-refractivity contribution is -0.141. The van der Waals surface area contributed by atoms with Gasteiger partial charge in [0.2, 0.25) is 11.8 Å². The molecule has 1 aliphatic rings. The van der Waals surface area contributed by atoms with Gasteiger partial charge in [0.25, 0.3) is 0 Å². The third-order valence-corrected chi connectivity index (χ3v) is 4.66. The van der Waals surface area contributed by atoms with Crippen molar-refractivity contribution in [3.8, 4) is 11.3 Å². The number of aromatic carboxylic acids is 1. The number of hydrogen-bond acceptors (Lipinski definition) is 5. The van der Waals surface area contributed by atoms with Crippen LogP contribution in [0.3, 0.4) is 0 Å². The highest BCUT2D eigenvalue weighted by atomic mass is 16.4. The van der Waals surface area contributed by atoms with Crippen molar-refractivity contribution in [3.05, 3.63) is 47.7 Å². The number of nitrogens with two attached hydrogens (primary N) is 1. The Morgan fingerprint density at radius 1 is 1.19 bits per heavy atom. The summed E-state index contributed by atoms with van der Waals surface area (Å²) in [5.41, 5.74) is 6.11. The van der Waals surface area contributed by atoms with Crippen LogP contribution >= 0.6 is 0 Å². The zero-order valence-electron chi connectivity index (χ0n) is 14.9. The average molecular weight is 371 g/mol. The van der Waals surface area contributed by atoms with E-state index in [1.807, 2.05) is 4.90 Å². The summed E-state index contributed by atoms with van der Waals surface area (Å²) in [4.78, 5) is 38.2. The van der Waals surface area contributed by atoms with E-state index in [1.165, 1.54) is 17.9 Å². The standard InChI is InChI=1S/C19H21N3O5/c1-12(23)22-9-8-21(11-16(22)18(20)24)10-13-6-7-17(27-13)14-4-2-3-5-15(14)19(25)26/h2-7,16H,8-11H2,1H3,(H2,20,24)(H,25,26). The minimum atomic E-state index is -1.02. The Balaban J connectivity index is 1.74. The molecule has 2 amide bonds. The van der Waals surface area contributed by atoms with Crippen molar-refractivity contribution in [2.75, 3.05) is 19.6 Å². The quantitative estimate of drug-likeness (QED) is 0.815. The molecule has 0 radical (unpaired) electrons. The lowest BCUT2D eigenvalue weighted by Crippen LogP contribution is -2.59. The van der Waals surface area contributed by atoms with Gasteiger partial charge < -0.3 is 20.2 Å². The predicted molar refractivity (Wildman–Crippen MR) is 96.7 cm³/mol. The van der Waals surface area contributed by atoms with Crippen LogP contribution in [0.4, 0.5) is 0 Å². The number of benzene rings is 1. The Morgan fingerprint density at radius 3 is 2.59 bits per heavy atom. The summed E-state index contributed by atoms with van der Waals surface area (Å²) >= 11 is 0. The van der Waals surface area contributed by atoms with E-state index in [-0.39, 0.29) is 11.5 Å². The topological polar surface area (TPSA) is 117 Å². The van der Waals surface area contributed by atoms with Crippen molar-refractivity contribution >= 4 is 17.8 Å². The van der Waals surface area contributed by atoms with E-state index in [4.69, 9.17) is 10.2 Å². The van der Waals surface area contributed by atoms with Gasteiger partial charge in [-0.2, -0.15) is 0 Å². The largest absolute Gasteiger partial charge is 0.478 e. The second kappa shape index (κ2) is 7.63. The lowest BCUT2D eigenvalue weighted by atomic mass is 10.1. The molecule has 0 saturated carbocycles. The number of furan rings is 1. The Bertz CT molecular complexity index is 876. The summed E-state index contributed by atoms with van der Waals surface area (Å²) in [7, 11) is 0. The molecule has 1 atom stereocenters. The van der Waals surface area contributed by atoms with Gasteiger partial charge >= 0.3 is 5.97 Å². The van der Waals surface area contributed by atoms with Crippen LogP contribution < -0.4 is 5.73 Å². The van der Waals surface area contributed by atoms with Crippen LogP contribution in [0.25, 0.3) is 11.3 Å². The zero-order chi connectivity index (χ0) is 19.6. The van der Waals surface area contributed by atoms with Crippen molar-refractivity contribution in [3.63, 3.8) is 0 Å². The first-order chi connectivity index (χ1) is 12.9. The summed E-state index contributed by atoms with van der Waals surface area (Å²) in [6.07, 6.45) is 0. The second-order valence-corrected chi connectivity index (χ2v) is 6.48. The van der Waals surface area contributed by atoms with Gasteiger partial charge in [0.05, 0.1) is 12.1 Å². The Kier molecular flexibility index (Phi) is 5.27. The minimum absolute atomic E-state index is 0.169. The van der Waals surface area contributed by atoms with Crippen molar-refractivity contribution < 1.29 is 23.9 Å². The molecule has 1 unspecified atom stereocenters. The highest BCUT2D eigenvalue weighted by molar-refractivity contribution is 5.95. The van der Waals surface area contributed by atoms with Gasteiger partial charge in [0, 0.05) is 32.1 Å². The number of carbonyl (C=O) groups is 3. The van der Waals surface area contributed by atoms with Gasteiger partial charge in [-0.25, -0.2) is 4.79 Å². The second-order valence-electron chi connectivity index (χ2n) is 6.48. The van der Waals surface area contributed by atoms with Crippen molar-refractivity contribution in [2.24, 2.45) is 5.73 Å². The van der Waals surface area contributed by atoms with E-state index < -0.39 is 17.9 Å². The SMILES string of the molecule is CC(=O)N1CCN(Cc2ccc(-c3ccccc3C(=O)O)o2)CC1C(N)=O. The number of carbonyl (C=O) groups excluding carboxylic acids is 2. The molecule has 1 aromatic carbocycles. The fourth-order valence-corrected chi connectivity index (χ4v) is 3.32. The summed E-state index contributed by atoms with van der Waals surface area (Å²) in [5, 5.41) is 9.32. The van der Waals surface area contributed by atoms with Crippen LogP contribution in [0.15, 0.2) is 40.8 Å². The molecule has 0 spiro atoms. The maximum Gasteiger partial charge on any atom is 0.336 e. The van der Waals surface area contributed by atoms with E-state index in [0.29, 0.717) is 43.3 Å². The van der Waals surface area contributed by atoms with Gasteiger partial charge in [0.15, 0.2) is 0 Å². The molecule has 0 bridgehead atoms. The molecule has 3 N–H and O–H groups in total. The summed E-state index contributed by atoms with van der Waals surface area (Å²) < 4.78 is 5.83. The Hall–Kier alpha value is -3.13. The molecule has 142 valence electrons. The fraction of sp³-hybridized carbons (Fsp3) is 0.316. The molecule has 27 heavy (non-hydrogen) atoms. The summed E-state index contributed by atoms with van der Waals surface area (Å²) in [5.74, 6) is -0.621. The first-order valence-corrected chi connectivity index (χ1v) is 8.57. The Morgan fingerprint density at radius 2 is 1.93 bits per heavy atom. The van der Waals surface area contributed by atoms with E-state index >= 15 is 0 Å². The maximum absolute atomic E-state index is 11.7. The van der Waals surface area contributed by atoms with Gasteiger partial charge in [-0.3, -0.25) is 14.5 Å². The molecule has 3 rings (SSSR count). The number of hydrogen-bond donors (Lipinski definition) is 2. The molecule has 8 nitrogen and oxygen atoms in total. The van der Waals surface area contributed by atoms with Gasteiger partial charge in [-0.1, -0.05) is 18.2 Å². The highest BCUT2D eigenvalue weighted by Crippen LogP contribution is 2.27. The highest BCUT2D eigenvalue weighted by Gasteiger charge is 2.32. The molecule has 1 fully saturated rings. The molecule has 0 aliphatic carbocycles. The van der Waals surface area contributed by atoms with Gasteiger partial charge in [-0.15, -0.1) is 0 Å². The van der Waals surface area contributed by atoms with E-state index in [9.17, 15) is 19.5 Å². The summed E-state index contributed by atoms with van der Waals surface area (Å²) in [6, 6.07) is 9.48. The van der Waals surface area contributed by atoms with Crippen LogP contribution in [-0.2, 0) is 16.1 Å². The third kappa shape index (κ3) is 4.01. The van der Waals surface area contributed by atoms with Crippen LogP contribution in [0.2, 0.25) is 0 Å². The first kappa shape index (κ1) is 18.7. The lowest BCUT2D eigenvalue weighted by Gasteiger charge is -2.39. The van der Waals surface area contributed by atoms with Gasteiger partial charge in [0.1, 0.15) is 17.6 Å². The molecule has 1 aromatic heterocycles. The fourth-order valence-electron chi connectivity index (χ4n) is 3.32. The number of carboxylic acid groups (broad SMARTS) is 1. The average Bonchev–Trinajstić information content (AvgIpc) is 3.09. The molecule has 1 aliphatic heterocycles.